The highest BCUT2D eigenvalue weighted by Crippen LogP contribution is 2.44. The van der Waals surface area contributed by atoms with Crippen LogP contribution >= 0.6 is 0 Å². The Hall–Kier alpha value is -2.96. The fraction of sp³-hybridized carbons (Fsp3) is 0.565. The lowest BCUT2D eigenvalue weighted by Crippen LogP contribution is -2.56. The molecule has 3 heterocycles. The third kappa shape index (κ3) is 3.26. The topological polar surface area (TPSA) is 131 Å². The summed E-state index contributed by atoms with van der Waals surface area (Å²) >= 11 is 0. The van der Waals surface area contributed by atoms with Gasteiger partial charge in [-0.15, -0.1) is 0 Å². The lowest BCUT2D eigenvalue weighted by atomic mass is 10.0. The van der Waals surface area contributed by atoms with Gasteiger partial charge in [-0.3, -0.25) is 14.5 Å². The molecule has 0 aromatic heterocycles. The monoisotopic (exact) mass is 437 g/mol. The molecule has 1 aromatic carbocycles. The standard InChI is InChI=1S/C23H27N5O4/c24-10-15-2-1-7-27(15)21(29)18(25)12-26-11-16-9-20(26)22(30)28(16)19-6-4-13-8-14(23(31)32)3-5-17(13)19/h3,5,8,15-16,18-20H,1-2,4,6-7,9,11-12,25H2,(H,31,32)/t15-,16?,18-,19+,20-/m0/s1. The molecule has 3 fully saturated rings. The molecule has 3 N–H and O–H groups in total. The van der Waals surface area contributed by atoms with Gasteiger partial charge in [0.05, 0.1) is 29.8 Å². The highest BCUT2D eigenvalue weighted by atomic mass is 16.4. The van der Waals surface area contributed by atoms with E-state index >= 15 is 0 Å². The quantitative estimate of drug-likeness (QED) is 0.686. The van der Waals surface area contributed by atoms with E-state index in [9.17, 15) is 24.8 Å². The molecule has 3 aliphatic heterocycles. The second-order valence-corrected chi connectivity index (χ2v) is 9.30. The highest BCUT2D eigenvalue weighted by molar-refractivity contribution is 5.89. The Morgan fingerprint density at radius 1 is 1.28 bits per heavy atom. The van der Waals surface area contributed by atoms with Gasteiger partial charge in [-0.2, -0.15) is 5.26 Å². The van der Waals surface area contributed by atoms with E-state index in [2.05, 4.69) is 6.07 Å². The van der Waals surface area contributed by atoms with Gasteiger partial charge in [-0.1, -0.05) is 6.07 Å². The minimum absolute atomic E-state index is 0.0196. The first-order valence-corrected chi connectivity index (χ1v) is 11.3. The van der Waals surface area contributed by atoms with Crippen LogP contribution in [0.5, 0.6) is 0 Å². The lowest BCUT2D eigenvalue weighted by molar-refractivity contribution is -0.141. The van der Waals surface area contributed by atoms with Gasteiger partial charge in [0, 0.05) is 25.7 Å². The number of fused-ring (bicyclic) bond motifs is 3. The summed E-state index contributed by atoms with van der Waals surface area (Å²) in [6, 6.07) is 6.00. The second kappa shape index (κ2) is 7.87. The Labute approximate surface area is 186 Å². The summed E-state index contributed by atoms with van der Waals surface area (Å²) in [5.41, 5.74) is 8.55. The molecule has 0 radical (unpaired) electrons. The summed E-state index contributed by atoms with van der Waals surface area (Å²) in [4.78, 5) is 42.9. The number of carbonyl (C=O) groups excluding carboxylic acids is 2. The average molecular weight is 438 g/mol. The van der Waals surface area contributed by atoms with Crippen LogP contribution < -0.4 is 5.73 Å². The van der Waals surface area contributed by atoms with Crippen molar-refractivity contribution < 1.29 is 19.5 Å². The third-order valence-corrected chi connectivity index (χ3v) is 7.52. The predicted octanol–water partition coefficient (Wildman–Crippen LogP) is 0.499. The minimum atomic E-state index is -0.941. The van der Waals surface area contributed by atoms with E-state index in [1.807, 2.05) is 15.9 Å². The van der Waals surface area contributed by atoms with Crippen molar-refractivity contribution in [1.82, 2.24) is 14.7 Å². The molecule has 5 rings (SSSR count). The molecule has 1 aliphatic carbocycles. The van der Waals surface area contributed by atoms with E-state index in [-0.39, 0.29) is 35.5 Å². The molecule has 1 aromatic rings. The number of hydrogen-bond donors (Lipinski definition) is 2. The number of nitrogens with two attached hydrogens (primary N) is 1. The first-order valence-electron chi connectivity index (χ1n) is 11.3. The molecule has 0 spiro atoms. The molecule has 5 atom stereocenters. The van der Waals surface area contributed by atoms with Gasteiger partial charge >= 0.3 is 5.97 Å². The Bertz CT molecular complexity index is 1020. The molecular formula is C23H27N5O4. The third-order valence-electron chi connectivity index (χ3n) is 7.52. The van der Waals surface area contributed by atoms with Crippen molar-refractivity contribution in [2.75, 3.05) is 19.6 Å². The Morgan fingerprint density at radius 2 is 2.09 bits per heavy atom. The summed E-state index contributed by atoms with van der Waals surface area (Å²) in [6.45, 7) is 1.56. The van der Waals surface area contributed by atoms with E-state index in [0.29, 0.717) is 26.1 Å². The molecule has 9 heteroatoms. The van der Waals surface area contributed by atoms with Crippen LogP contribution in [0.3, 0.4) is 0 Å². The number of aryl methyl sites for hydroxylation is 1. The van der Waals surface area contributed by atoms with Crippen LogP contribution in [0.2, 0.25) is 0 Å². The van der Waals surface area contributed by atoms with Gasteiger partial charge in [0.15, 0.2) is 0 Å². The van der Waals surface area contributed by atoms with Crippen molar-refractivity contribution in [2.24, 2.45) is 5.73 Å². The fourth-order valence-corrected chi connectivity index (χ4v) is 6.03. The zero-order valence-corrected chi connectivity index (χ0v) is 17.8. The number of nitrogens with zero attached hydrogens (tertiary/aromatic N) is 4. The van der Waals surface area contributed by atoms with Crippen molar-refractivity contribution in [3.05, 3.63) is 34.9 Å². The van der Waals surface area contributed by atoms with Crippen molar-refractivity contribution in [3.8, 4) is 6.07 Å². The largest absolute Gasteiger partial charge is 0.478 e. The Kier molecular flexibility index (Phi) is 5.14. The molecule has 2 amide bonds. The number of hydrogen-bond acceptors (Lipinski definition) is 6. The summed E-state index contributed by atoms with van der Waals surface area (Å²) in [7, 11) is 0. The molecular weight excluding hydrogens is 410 g/mol. The van der Waals surface area contributed by atoms with Gasteiger partial charge in [-0.05, 0) is 55.4 Å². The van der Waals surface area contributed by atoms with Gasteiger partial charge < -0.3 is 20.6 Å². The maximum absolute atomic E-state index is 13.3. The fourth-order valence-electron chi connectivity index (χ4n) is 6.03. The molecule has 0 saturated carbocycles. The number of likely N-dealkylation sites (tertiary alicyclic amines) is 3. The minimum Gasteiger partial charge on any atom is -0.478 e. The van der Waals surface area contributed by atoms with Crippen LogP contribution in [0, 0.1) is 11.3 Å². The number of amides is 2. The number of benzene rings is 1. The number of carboxylic acid groups (broad SMARTS) is 1. The summed E-state index contributed by atoms with van der Waals surface area (Å²) in [6.07, 6.45) is 3.80. The average Bonchev–Trinajstić information content (AvgIpc) is 3.55. The molecule has 4 aliphatic rings. The summed E-state index contributed by atoms with van der Waals surface area (Å²) < 4.78 is 0. The van der Waals surface area contributed by atoms with Crippen LogP contribution in [0.4, 0.5) is 0 Å². The number of carbonyl (C=O) groups is 3. The maximum Gasteiger partial charge on any atom is 0.335 e. The SMILES string of the molecule is N#C[C@@H]1CCCN1C(=O)[C@@H](N)CN1CC2C[C@H]1C(=O)N2[C@@H]1CCc2cc(C(=O)O)ccc21. The smallest absolute Gasteiger partial charge is 0.335 e. The maximum atomic E-state index is 13.3. The Balaban J connectivity index is 1.25. The Morgan fingerprint density at radius 3 is 2.81 bits per heavy atom. The molecule has 1 unspecified atom stereocenters. The predicted molar refractivity (Wildman–Crippen MR) is 113 cm³/mol. The van der Waals surface area contributed by atoms with Crippen molar-refractivity contribution in [2.45, 2.75) is 62.3 Å². The van der Waals surface area contributed by atoms with E-state index in [0.717, 1.165) is 36.8 Å². The zero-order valence-electron chi connectivity index (χ0n) is 17.8. The van der Waals surface area contributed by atoms with E-state index in [1.165, 1.54) is 0 Å². The first-order chi connectivity index (χ1) is 15.4. The first kappa shape index (κ1) is 20.9. The van der Waals surface area contributed by atoms with E-state index in [1.54, 1.807) is 17.0 Å². The normalized spacial score (nSPS) is 29.9. The number of carboxylic acids is 1. The molecule has 168 valence electrons. The van der Waals surface area contributed by atoms with Crippen molar-refractivity contribution in [1.29, 1.82) is 5.26 Å². The zero-order chi connectivity index (χ0) is 22.6. The van der Waals surface area contributed by atoms with Crippen molar-refractivity contribution in [3.63, 3.8) is 0 Å². The van der Waals surface area contributed by atoms with E-state index < -0.39 is 18.1 Å². The molecule has 9 nitrogen and oxygen atoms in total. The van der Waals surface area contributed by atoms with Gasteiger partial charge in [-0.25, -0.2) is 4.79 Å². The van der Waals surface area contributed by atoms with Crippen LogP contribution in [-0.4, -0.2) is 81.4 Å². The number of aromatic carboxylic acids is 1. The summed E-state index contributed by atoms with van der Waals surface area (Å²) in [5, 5.41) is 18.5. The second-order valence-electron chi connectivity index (χ2n) is 9.30. The molecule has 3 saturated heterocycles. The van der Waals surface area contributed by atoms with Crippen LogP contribution in [-0.2, 0) is 16.0 Å². The van der Waals surface area contributed by atoms with Crippen LogP contribution in [0.1, 0.15) is 53.2 Å². The molecule has 2 bridgehead atoms. The van der Waals surface area contributed by atoms with E-state index in [4.69, 9.17) is 5.73 Å². The molecule has 32 heavy (non-hydrogen) atoms. The van der Waals surface area contributed by atoms with Crippen LogP contribution in [0.25, 0.3) is 0 Å². The summed E-state index contributed by atoms with van der Waals surface area (Å²) in [5.74, 6) is -1.08. The highest BCUT2D eigenvalue weighted by Gasteiger charge is 2.53. The van der Waals surface area contributed by atoms with Gasteiger partial charge in [0.2, 0.25) is 11.8 Å². The number of piperazine rings is 1. The number of nitriles is 1. The van der Waals surface area contributed by atoms with Crippen molar-refractivity contribution >= 4 is 17.8 Å². The lowest BCUT2D eigenvalue weighted by Gasteiger charge is -2.38. The number of rotatable bonds is 5. The van der Waals surface area contributed by atoms with Crippen LogP contribution in [0.15, 0.2) is 18.2 Å². The van der Waals surface area contributed by atoms with Gasteiger partial charge in [0.1, 0.15) is 6.04 Å². The van der Waals surface area contributed by atoms with Gasteiger partial charge in [0.25, 0.3) is 0 Å².